The SMILES string of the molecule is COc1c(C)cc([O-])cc1C.[Na+]. The molecule has 2 nitrogen and oxygen atoms in total. The predicted octanol–water partition coefficient (Wildman–Crippen LogP) is -1.61. The first-order valence-corrected chi connectivity index (χ1v) is 3.47. The van der Waals surface area contributed by atoms with Crippen LogP contribution >= 0.6 is 0 Å². The van der Waals surface area contributed by atoms with E-state index in [0.29, 0.717) is 0 Å². The van der Waals surface area contributed by atoms with Gasteiger partial charge in [0.05, 0.1) is 7.11 Å². The maximum atomic E-state index is 10.9. The molecule has 3 heteroatoms. The molecule has 0 aliphatic carbocycles. The van der Waals surface area contributed by atoms with E-state index < -0.39 is 0 Å². The van der Waals surface area contributed by atoms with E-state index in [1.54, 1.807) is 19.2 Å². The summed E-state index contributed by atoms with van der Waals surface area (Å²) < 4.78 is 5.09. The first-order chi connectivity index (χ1) is 5.15. The Morgan fingerprint density at radius 1 is 1.17 bits per heavy atom. The van der Waals surface area contributed by atoms with Crippen LogP contribution in [0.25, 0.3) is 0 Å². The molecule has 0 saturated heterocycles. The van der Waals surface area contributed by atoms with E-state index in [4.69, 9.17) is 4.74 Å². The molecule has 0 aliphatic rings. The zero-order chi connectivity index (χ0) is 8.43. The van der Waals surface area contributed by atoms with Crippen molar-refractivity contribution >= 4 is 0 Å². The van der Waals surface area contributed by atoms with Gasteiger partial charge in [-0.2, -0.15) is 0 Å². The van der Waals surface area contributed by atoms with Crippen LogP contribution in [-0.2, 0) is 0 Å². The Kier molecular flexibility index (Phi) is 4.68. The summed E-state index contributed by atoms with van der Waals surface area (Å²) in [5.74, 6) is 0.852. The van der Waals surface area contributed by atoms with Gasteiger partial charge in [0, 0.05) is 0 Å². The molecule has 0 fully saturated rings. The van der Waals surface area contributed by atoms with Crippen LogP contribution in [0.3, 0.4) is 0 Å². The Morgan fingerprint density at radius 3 is 1.92 bits per heavy atom. The number of hydrogen-bond acceptors (Lipinski definition) is 2. The fourth-order valence-corrected chi connectivity index (χ4v) is 1.23. The fourth-order valence-electron chi connectivity index (χ4n) is 1.23. The van der Waals surface area contributed by atoms with Crippen molar-refractivity contribution in [1.82, 2.24) is 0 Å². The molecule has 0 spiro atoms. The van der Waals surface area contributed by atoms with E-state index in [-0.39, 0.29) is 35.3 Å². The van der Waals surface area contributed by atoms with Crippen molar-refractivity contribution in [3.63, 3.8) is 0 Å². The average molecular weight is 174 g/mol. The molecule has 0 aromatic heterocycles. The fraction of sp³-hybridized carbons (Fsp3) is 0.333. The average Bonchev–Trinajstić information content (AvgIpc) is 1.85. The Balaban J connectivity index is 0.00000121. The standard InChI is InChI=1S/C9H12O2.Na/c1-6-4-8(10)5-7(2)9(6)11-3;/h4-5,10H,1-3H3;/q;+1/p-1. The van der Waals surface area contributed by atoms with E-state index in [1.165, 1.54) is 0 Å². The van der Waals surface area contributed by atoms with Crippen molar-refractivity contribution in [3.05, 3.63) is 23.3 Å². The van der Waals surface area contributed by atoms with Gasteiger partial charge in [0.1, 0.15) is 5.75 Å². The van der Waals surface area contributed by atoms with Crippen LogP contribution < -0.4 is 39.4 Å². The topological polar surface area (TPSA) is 32.3 Å². The van der Waals surface area contributed by atoms with Crippen LogP contribution in [0.2, 0.25) is 0 Å². The predicted molar refractivity (Wildman–Crippen MR) is 41.9 cm³/mol. The van der Waals surface area contributed by atoms with Gasteiger partial charge >= 0.3 is 29.6 Å². The summed E-state index contributed by atoms with van der Waals surface area (Å²) in [6.45, 7) is 3.74. The summed E-state index contributed by atoms with van der Waals surface area (Å²) in [4.78, 5) is 0. The van der Waals surface area contributed by atoms with E-state index in [1.807, 2.05) is 13.8 Å². The normalized spacial score (nSPS) is 8.92. The van der Waals surface area contributed by atoms with Crippen LogP contribution in [0, 0.1) is 13.8 Å². The van der Waals surface area contributed by atoms with Crippen LogP contribution in [0.5, 0.6) is 11.5 Å². The van der Waals surface area contributed by atoms with E-state index in [2.05, 4.69) is 0 Å². The summed E-state index contributed by atoms with van der Waals surface area (Å²) in [7, 11) is 1.61. The third-order valence-corrected chi connectivity index (χ3v) is 1.64. The van der Waals surface area contributed by atoms with Crippen LogP contribution in [0.4, 0.5) is 0 Å². The number of hydrogen-bond donors (Lipinski definition) is 0. The largest absolute Gasteiger partial charge is 1.00 e. The second kappa shape index (κ2) is 4.75. The Labute approximate surface area is 94.8 Å². The number of methoxy groups -OCH3 is 1. The van der Waals surface area contributed by atoms with Crippen molar-refractivity contribution in [1.29, 1.82) is 0 Å². The molecule has 0 amide bonds. The molecule has 0 bridgehead atoms. The summed E-state index contributed by atoms with van der Waals surface area (Å²) in [6, 6.07) is 3.15. The number of benzene rings is 1. The van der Waals surface area contributed by atoms with Gasteiger partial charge in [-0.15, -0.1) is 5.75 Å². The van der Waals surface area contributed by atoms with Crippen molar-refractivity contribution in [2.45, 2.75) is 13.8 Å². The van der Waals surface area contributed by atoms with Crippen LogP contribution in [-0.4, -0.2) is 7.11 Å². The second-order valence-electron chi connectivity index (χ2n) is 2.59. The number of rotatable bonds is 1. The van der Waals surface area contributed by atoms with Crippen LogP contribution in [0.1, 0.15) is 11.1 Å². The van der Waals surface area contributed by atoms with Gasteiger partial charge in [0.2, 0.25) is 0 Å². The minimum Gasteiger partial charge on any atom is -0.872 e. The van der Waals surface area contributed by atoms with Gasteiger partial charge in [-0.25, -0.2) is 0 Å². The monoisotopic (exact) mass is 174 g/mol. The molecule has 12 heavy (non-hydrogen) atoms. The summed E-state index contributed by atoms with van der Waals surface area (Å²) in [5.41, 5.74) is 1.80. The maximum Gasteiger partial charge on any atom is 1.00 e. The molecular formula is C9H11NaO2. The Morgan fingerprint density at radius 2 is 1.58 bits per heavy atom. The maximum absolute atomic E-state index is 10.9. The van der Waals surface area contributed by atoms with Crippen molar-refractivity contribution in [2.24, 2.45) is 0 Å². The van der Waals surface area contributed by atoms with Crippen LogP contribution in [0.15, 0.2) is 12.1 Å². The van der Waals surface area contributed by atoms with E-state index in [0.717, 1.165) is 16.9 Å². The molecule has 1 aromatic carbocycles. The summed E-state index contributed by atoms with van der Waals surface area (Å²) in [5, 5.41) is 10.9. The number of ether oxygens (including phenoxy) is 1. The molecule has 1 aromatic rings. The van der Waals surface area contributed by atoms with Crippen molar-refractivity contribution in [2.75, 3.05) is 7.11 Å². The van der Waals surface area contributed by atoms with Crippen molar-refractivity contribution < 1.29 is 39.4 Å². The zero-order valence-electron chi connectivity index (χ0n) is 7.97. The molecule has 0 radical (unpaired) electrons. The third kappa shape index (κ3) is 2.41. The summed E-state index contributed by atoms with van der Waals surface area (Å²) >= 11 is 0. The minimum atomic E-state index is 0. The first kappa shape index (κ1) is 11.8. The van der Waals surface area contributed by atoms with Gasteiger partial charge in [-0.05, 0) is 25.0 Å². The molecule has 0 heterocycles. The van der Waals surface area contributed by atoms with Gasteiger partial charge < -0.3 is 9.84 Å². The molecule has 0 aliphatic heterocycles. The molecular weight excluding hydrogens is 163 g/mol. The minimum absolute atomic E-state index is 0. The number of aryl methyl sites for hydroxylation is 2. The van der Waals surface area contributed by atoms with Gasteiger partial charge in [-0.1, -0.05) is 12.1 Å². The zero-order valence-corrected chi connectivity index (χ0v) is 9.97. The smallest absolute Gasteiger partial charge is 0.872 e. The quantitative estimate of drug-likeness (QED) is 0.480. The molecule has 60 valence electrons. The molecule has 0 unspecified atom stereocenters. The molecule has 0 saturated carbocycles. The second-order valence-corrected chi connectivity index (χ2v) is 2.59. The molecule has 1 rings (SSSR count). The Hall–Kier alpha value is -0.180. The third-order valence-electron chi connectivity index (χ3n) is 1.64. The summed E-state index contributed by atoms with van der Waals surface area (Å²) in [6.07, 6.45) is 0. The first-order valence-electron chi connectivity index (χ1n) is 3.47. The van der Waals surface area contributed by atoms with E-state index in [9.17, 15) is 5.11 Å². The van der Waals surface area contributed by atoms with Gasteiger partial charge in [0.15, 0.2) is 0 Å². The van der Waals surface area contributed by atoms with Crippen molar-refractivity contribution in [3.8, 4) is 11.5 Å². The van der Waals surface area contributed by atoms with Gasteiger partial charge in [-0.3, -0.25) is 0 Å². The van der Waals surface area contributed by atoms with E-state index >= 15 is 0 Å². The molecule has 0 atom stereocenters. The van der Waals surface area contributed by atoms with Gasteiger partial charge in [0.25, 0.3) is 0 Å². The molecule has 0 N–H and O–H groups in total. The Bertz CT molecular complexity index is 248.